The summed E-state index contributed by atoms with van der Waals surface area (Å²) in [5, 5.41) is 11.4. The number of carbonyl (C=O) groups excluding carboxylic acids is 1. The lowest BCUT2D eigenvalue weighted by atomic mass is 9.83. The second-order valence-corrected chi connectivity index (χ2v) is 10.7. The highest BCUT2D eigenvalue weighted by molar-refractivity contribution is 7.94. The van der Waals surface area contributed by atoms with Crippen molar-refractivity contribution >= 4 is 27.3 Å². The van der Waals surface area contributed by atoms with E-state index in [-0.39, 0.29) is 29.3 Å². The molecule has 0 bridgehead atoms. The predicted molar refractivity (Wildman–Crippen MR) is 113 cm³/mol. The van der Waals surface area contributed by atoms with E-state index in [0.717, 1.165) is 6.07 Å². The van der Waals surface area contributed by atoms with E-state index in [0.29, 0.717) is 24.8 Å². The number of nitrogens with one attached hydrogen (secondary N) is 1. The fourth-order valence-electron chi connectivity index (χ4n) is 4.08. The number of hydrogen-bond acceptors (Lipinski definition) is 7. The van der Waals surface area contributed by atoms with Gasteiger partial charge in [-0.1, -0.05) is 0 Å². The molecule has 0 saturated heterocycles. The van der Waals surface area contributed by atoms with Gasteiger partial charge in [-0.2, -0.15) is 5.26 Å². The van der Waals surface area contributed by atoms with Gasteiger partial charge >= 0.3 is 0 Å². The van der Waals surface area contributed by atoms with Crippen molar-refractivity contribution in [2.75, 3.05) is 11.9 Å². The number of anilines is 1. The minimum absolute atomic E-state index is 0.0622. The number of sulfone groups is 1. The normalized spacial score (nSPS) is 23.3. The zero-order chi connectivity index (χ0) is 22.4. The van der Waals surface area contributed by atoms with E-state index in [2.05, 4.69) is 15.3 Å². The Bertz CT molecular complexity index is 1250. The number of nitriles is 1. The average molecular weight is 441 g/mol. The van der Waals surface area contributed by atoms with E-state index in [1.165, 1.54) is 37.4 Å². The molecule has 1 fully saturated rings. The summed E-state index contributed by atoms with van der Waals surface area (Å²) in [7, 11) is -3.91. The topological polar surface area (TPSA) is 138 Å². The Morgan fingerprint density at radius 1 is 1.29 bits per heavy atom. The number of amides is 1. The van der Waals surface area contributed by atoms with Crippen LogP contribution in [0, 0.1) is 17.1 Å². The molecule has 8 nitrogen and oxygen atoms in total. The molecule has 1 aromatic carbocycles. The first kappa shape index (κ1) is 20.9. The van der Waals surface area contributed by atoms with Crippen molar-refractivity contribution in [3.63, 3.8) is 0 Å². The lowest BCUT2D eigenvalue weighted by molar-refractivity contribution is 0.102. The summed E-state index contributed by atoms with van der Waals surface area (Å²) in [4.78, 5) is 20.7. The third kappa shape index (κ3) is 2.99. The Hall–Kier alpha value is -3.32. The summed E-state index contributed by atoms with van der Waals surface area (Å²) in [6, 6.07) is 8.53. The van der Waals surface area contributed by atoms with Gasteiger partial charge in [-0.05, 0) is 56.5 Å². The SMILES string of the molecule is C[C@@]1(c2cc(NC(=O)c3ccc(C#N)cn3)ccc2F)CN=C(N)C2(CCC2)S1(=O)=O. The van der Waals surface area contributed by atoms with Crippen LogP contribution in [0.4, 0.5) is 10.1 Å². The van der Waals surface area contributed by atoms with Crippen LogP contribution in [0.2, 0.25) is 0 Å². The maximum Gasteiger partial charge on any atom is 0.274 e. The van der Waals surface area contributed by atoms with Crippen LogP contribution in [0.5, 0.6) is 0 Å². The third-order valence-corrected chi connectivity index (χ3v) is 9.39. The molecule has 0 unspecified atom stereocenters. The first-order valence-corrected chi connectivity index (χ1v) is 11.1. The number of rotatable bonds is 3. The molecule has 1 saturated carbocycles. The molecular weight excluding hydrogens is 421 g/mol. The van der Waals surface area contributed by atoms with Crippen LogP contribution in [0.15, 0.2) is 41.5 Å². The molecule has 1 aromatic heterocycles. The summed E-state index contributed by atoms with van der Waals surface area (Å²) < 4.78 is 39.1. The average Bonchev–Trinajstić information content (AvgIpc) is 2.71. The summed E-state index contributed by atoms with van der Waals surface area (Å²) in [6.45, 7) is 1.25. The molecule has 0 radical (unpaired) electrons. The van der Waals surface area contributed by atoms with Crippen LogP contribution < -0.4 is 11.1 Å². The van der Waals surface area contributed by atoms with Crippen molar-refractivity contribution in [2.24, 2.45) is 10.7 Å². The number of pyridine rings is 1. The molecule has 160 valence electrons. The minimum Gasteiger partial charge on any atom is -0.386 e. The molecule has 1 spiro atoms. The van der Waals surface area contributed by atoms with Gasteiger partial charge in [0.05, 0.1) is 12.1 Å². The number of nitrogens with zero attached hydrogens (tertiary/aromatic N) is 3. The van der Waals surface area contributed by atoms with Gasteiger partial charge in [0.25, 0.3) is 5.91 Å². The molecule has 2 heterocycles. The lowest BCUT2D eigenvalue weighted by Crippen LogP contribution is -2.64. The predicted octanol–water partition coefficient (Wildman–Crippen LogP) is 2.27. The molecule has 1 atom stereocenters. The molecule has 1 aliphatic heterocycles. The molecule has 4 rings (SSSR count). The summed E-state index contributed by atoms with van der Waals surface area (Å²) in [6.07, 6.45) is 2.70. The Morgan fingerprint density at radius 3 is 2.61 bits per heavy atom. The van der Waals surface area contributed by atoms with Gasteiger partial charge in [-0.3, -0.25) is 9.79 Å². The van der Waals surface area contributed by atoms with Crippen LogP contribution in [0.1, 0.15) is 47.8 Å². The van der Waals surface area contributed by atoms with E-state index in [1.807, 2.05) is 6.07 Å². The number of benzene rings is 1. The van der Waals surface area contributed by atoms with Gasteiger partial charge in [-0.15, -0.1) is 0 Å². The maximum atomic E-state index is 14.9. The standard InChI is InChI=1S/C21H20FN5O3S/c1-20(12-26-19(24)21(7-2-8-21)31(20,29)30)15-9-14(4-5-16(15)22)27-18(28)17-6-3-13(10-23)11-25-17/h3-6,9,11H,2,7-8,12H2,1H3,(H2,24,26)(H,27,28)/t20-/m0/s1. The van der Waals surface area contributed by atoms with Crippen LogP contribution in [-0.4, -0.2) is 36.4 Å². The monoisotopic (exact) mass is 441 g/mol. The number of nitrogens with two attached hydrogens (primary N) is 1. The largest absolute Gasteiger partial charge is 0.386 e. The van der Waals surface area contributed by atoms with Crippen LogP contribution >= 0.6 is 0 Å². The highest BCUT2D eigenvalue weighted by atomic mass is 32.2. The Kier molecular flexibility index (Phi) is 4.81. The van der Waals surface area contributed by atoms with E-state index in [4.69, 9.17) is 11.0 Å². The quantitative estimate of drug-likeness (QED) is 0.749. The second kappa shape index (κ2) is 7.13. The number of carbonyl (C=O) groups is 1. The molecule has 2 aliphatic rings. The highest BCUT2D eigenvalue weighted by Gasteiger charge is 2.62. The molecule has 3 N–H and O–H groups in total. The van der Waals surface area contributed by atoms with Crippen molar-refractivity contribution in [3.8, 4) is 6.07 Å². The summed E-state index contributed by atoms with van der Waals surface area (Å²) in [5.41, 5.74) is 6.48. The van der Waals surface area contributed by atoms with Crippen LogP contribution in [0.3, 0.4) is 0 Å². The van der Waals surface area contributed by atoms with Gasteiger partial charge in [-0.25, -0.2) is 17.8 Å². The minimum atomic E-state index is -3.91. The maximum absolute atomic E-state index is 14.9. The number of aromatic nitrogens is 1. The Balaban J connectivity index is 1.70. The Morgan fingerprint density at radius 2 is 2.03 bits per heavy atom. The molecule has 1 amide bonds. The van der Waals surface area contributed by atoms with Gasteiger partial charge in [0.1, 0.15) is 32.9 Å². The van der Waals surface area contributed by atoms with Crippen molar-refractivity contribution < 1.29 is 17.6 Å². The van der Waals surface area contributed by atoms with E-state index >= 15 is 0 Å². The van der Waals surface area contributed by atoms with Crippen LogP contribution in [-0.2, 0) is 14.6 Å². The van der Waals surface area contributed by atoms with Gasteiger partial charge < -0.3 is 11.1 Å². The number of halogens is 1. The Labute approximate surface area is 178 Å². The molecule has 2 aromatic rings. The number of hydrogen-bond donors (Lipinski definition) is 2. The molecule has 31 heavy (non-hydrogen) atoms. The zero-order valence-electron chi connectivity index (χ0n) is 16.7. The fraction of sp³-hybridized carbons (Fsp3) is 0.333. The van der Waals surface area contributed by atoms with Gasteiger partial charge in [0, 0.05) is 17.4 Å². The molecule has 10 heteroatoms. The van der Waals surface area contributed by atoms with Gasteiger partial charge in [0.15, 0.2) is 9.84 Å². The molecular formula is C21H20FN5O3S. The first-order valence-electron chi connectivity index (χ1n) is 9.67. The van der Waals surface area contributed by atoms with E-state index < -0.39 is 31.1 Å². The van der Waals surface area contributed by atoms with Crippen LogP contribution in [0.25, 0.3) is 0 Å². The summed E-state index contributed by atoms with van der Waals surface area (Å²) in [5.74, 6) is -1.19. The highest BCUT2D eigenvalue weighted by Crippen LogP contribution is 2.51. The zero-order valence-corrected chi connectivity index (χ0v) is 17.5. The van der Waals surface area contributed by atoms with E-state index in [1.54, 1.807) is 0 Å². The molecule has 1 aliphatic carbocycles. The second-order valence-electron chi connectivity index (χ2n) is 7.98. The fourth-order valence-corrected chi connectivity index (χ4v) is 6.79. The lowest BCUT2D eigenvalue weighted by Gasteiger charge is -2.48. The van der Waals surface area contributed by atoms with Crippen molar-refractivity contribution in [3.05, 3.63) is 59.2 Å². The van der Waals surface area contributed by atoms with Crippen molar-refractivity contribution in [1.82, 2.24) is 4.98 Å². The van der Waals surface area contributed by atoms with Gasteiger partial charge in [0.2, 0.25) is 0 Å². The third-order valence-electron chi connectivity index (χ3n) is 6.21. The first-order chi connectivity index (χ1) is 14.6. The number of amidine groups is 1. The van der Waals surface area contributed by atoms with Crippen molar-refractivity contribution in [1.29, 1.82) is 5.26 Å². The van der Waals surface area contributed by atoms with Crippen molar-refractivity contribution in [2.45, 2.75) is 35.7 Å². The van der Waals surface area contributed by atoms with E-state index in [9.17, 15) is 17.6 Å². The summed E-state index contributed by atoms with van der Waals surface area (Å²) >= 11 is 0. The smallest absolute Gasteiger partial charge is 0.274 e. The number of aliphatic imine (C=N–C) groups is 1.